The second-order valence-corrected chi connectivity index (χ2v) is 8.18. The number of rotatable bonds is 7. The Morgan fingerprint density at radius 3 is 2.85 bits per heavy atom. The molecule has 0 bridgehead atoms. The van der Waals surface area contributed by atoms with E-state index in [0.29, 0.717) is 34.1 Å². The molecule has 0 N–H and O–H groups in total. The summed E-state index contributed by atoms with van der Waals surface area (Å²) >= 11 is 2.65. The van der Waals surface area contributed by atoms with E-state index in [1.165, 1.54) is 41.3 Å². The number of methoxy groups -OCH3 is 1. The number of carbonyl (C=O) groups is 1. The molecule has 0 saturated heterocycles. The number of fused-ring (bicyclic) bond motifs is 1. The van der Waals surface area contributed by atoms with Gasteiger partial charge in [-0.15, -0.1) is 11.3 Å². The zero-order valence-corrected chi connectivity index (χ0v) is 16.9. The summed E-state index contributed by atoms with van der Waals surface area (Å²) in [4.78, 5) is 31.7. The number of Topliss-reactive ketones (excluding diaryl/α,β-unsaturated/α-hetero) is 1. The monoisotopic (exact) mass is 406 g/mol. The Bertz CT molecular complexity index is 1060. The number of ketones is 1. The zero-order chi connectivity index (χ0) is 19.6. The van der Waals surface area contributed by atoms with E-state index in [9.17, 15) is 14.0 Å². The van der Waals surface area contributed by atoms with Crippen LogP contribution in [0.1, 0.15) is 20.8 Å². The van der Waals surface area contributed by atoms with E-state index >= 15 is 0 Å². The molecule has 3 rings (SSSR count). The fourth-order valence-corrected chi connectivity index (χ4v) is 4.66. The van der Waals surface area contributed by atoms with Crippen LogP contribution in [0.2, 0.25) is 0 Å². The van der Waals surface area contributed by atoms with E-state index in [0.717, 1.165) is 10.4 Å². The van der Waals surface area contributed by atoms with Gasteiger partial charge in [0.1, 0.15) is 10.6 Å². The summed E-state index contributed by atoms with van der Waals surface area (Å²) in [5.74, 6) is -0.602. The van der Waals surface area contributed by atoms with Crippen LogP contribution in [-0.2, 0) is 11.3 Å². The van der Waals surface area contributed by atoms with E-state index in [1.54, 1.807) is 17.7 Å². The van der Waals surface area contributed by atoms with Gasteiger partial charge in [0.25, 0.3) is 5.56 Å². The maximum absolute atomic E-state index is 13.3. The van der Waals surface area contributed by atoms with Crippen molar-refractivity contribution in [2.75, 3.05) is 19.5 Å². The van der Waals surface area contributed by atoms with E-state index < -0.39 is 5.82 Å². The Labute approximate surface area is 164 Å². The first-order valence-corrected chi connectivity index (χ1v) is 10.1. The van der Waals surface area contributed by atoms with Crippen molar-refractivity contribution in [1.29, 1.82) is 0 Å². The Balaban J connectivity index is 1.94. The highest BCUT2D eigenvalue weighted by atomic mass is 32.2. The molecule has 0 aliphatic rings. The van der Waals surface area contributed by atoms with Crippen LogP contribution in [0.15, 0.2) is 34.2 Å². The number of thioether (sulfide) groups is 1. The summed E-state index contributed by atoms with van der Waals surface area (Å²) in [6.45, 7) is 4.59. The minimum Gasteiger partial charge on any atom is -0.383 e. The molecule has 0 fully saturated rings. The Morgan fingerprint density at radius 1 is 1.37 bits per heavy atom. The summed E-state index contributed by atoms with van der Waals surface area (Å²) in [6, 6.07) is 5.59. The summed E-state index contributed by atoms with van der Waals surface area (Å²) in [7, 11) is 1.57. The van der Waals surface area contributed by atoms with Crippen molar-refractivity contribution >= 4 is 39.1 Å². The fourth-order valence-electron chi connectivity index (χ4n) is 2.67. The largest absolute Gasteiger partial charge is 0.383 e. The van der Waals surface area contributed by atoms with Crippen LogP contribution in [0.25, 0.3) is 10.2 Å². The summed E-state index contributed by atoms with van der Waals surface area (Å²) in [5.41, 5.74) is 1.11. The molecule has 0 radical (unpaired) electrons. The average molecular weight is 407 g/mol. The Hall–Kier alpha value is -2.03. The second-order valence-electron chi connectivity index (χ2n) is 6.03. The van der Waals surface area contributed by atoms with Gasteiger partial charge in [-0.1, -0.05) is 23.9 Å². The van der Waals surface area contributed by atoms with Crippen LogP contribution in [0.5, 0.6) is 0 Å². The Morgan fingerprint density at radius 2 is 2.15 bits per heavy atom. The van der Waals surface area contributed by atoms with Crippen molar-refractivity contribution in [2.45, 2.75) is 25.5 Å². The molecule has 5 nitrogen and oxygen atoms in total. The first-order chi connectivity index (χ1) is 12.9. The van der Waals surface area contributed by atoms with Gasteiger partial charge < -0.3 is 4.74 Å². The van der Waals surface area contributed by atoms with Crippen molar-refractivity contribution < 1.29 is 13.9 Å². The molecule has 142 valence electrons. The molecule has 27 heavy (non-hydrogen) atoms. The minimum absolute atomic E-state index is 0.0672. The molecule has 0 aliphatic heterocycles. The smallest absolute Gasteiger partial charge is 0.263 e. The van der Waals surface area contributed by atoms with Crippen LogP contribution in [-0.4, -0.2) is 34.8 Å². The van der Waals surface area contributed by atoms with E-state index in [4.69, 9.17) is 4.74 Å². The van der Waals surface area contributed by atoms with Crippen molar-refractivity contribution in [3.63, 3.8) is 0 Å². The molecule has 0 amide bonds. The summed E-state index contributed by atoms with van der Waals surface area (Å²) in [6.07, 6.45) is 0. The molecule has 0 saturated carbocycles. The highest BCUT2D eigenvalue weighted by molar-refractivity contribution is 7.99. The number of hydrogen-bond acceptors (Lipinski definition) is 6. The number of benzene rings is 1. The maximum atomic E-state index is 13.3. The third-order valence-corrected chi connectivity index (χ3v) is 6.33. The van der Waals surface area contributed by atoms with Crippen molar-refractivity contribution in [2.24, 2.45) is 0 Å². The van der Waals surface area contributed by atoms with Gasteiger partial charge in [0, 0.05) is 17.6 Å². The molecule has 2 aromatic heterocycles. The number of aromatic nitrogens is 2. The first-order valence-electron chi connectivity index (χ1n) is 8.33. The maximum Gasteiger partial charge on any atom is 0.263 e. The predicted molar refractivity (Wildman–Crippen MR) is 107 cm³/mol. The van der Waals surface area contributed by atoms with Gasteiger partial charge >= 0.3 is 0 Å². The molecule has 1 aromatic carbocycles. The van der Waals surface area contributed by atoms with Gasteiger partial charge in [-0.05, 0) is 31.5 Å². The normalized spacial score (nSPS) is 11.3. The Kier molecular flexibility index (Phi) is 6.08. The number of thiophene rings is 1. The molecule has 0 unspecified atom stereocenters. The topological polar surface area (TPSA) is 61.2 Å². The van der Waals surface area contributed by atoms with Crippen LogP contribution >= 0.6 is 23.1 Å². The van der Waals surface area contributed by atoms with Gasteiger partial charge in [0.2, 0.25) is 0 Å². The zero-order valence-electron chi connectivity index (χ0n) is 15.2. The quantitative estimate of drug-likeness (QED) is 0.339. The summed E-state index contributed by atoms with van der Waals surface area (Å²) < 4.78 is 20.0. The van der Waals surface area contributed by atoms with Gasteiger partial charge in [-0.25, -0.2) is 9.37 Å². The molecule has 0 atom stereocenters. The molecule has 8 heteroatoms. The van der Waals surface area contributed by atoms with Crippen molar-refractivity contribution in [1.82, 2.24) is 9.55 Å². The van der Waals surface area contributed by atoms with Gasteiger partial charge in [0.15, 0.2) is 10.9 Å². The lowest BCUT2D eigenvalue weighted by Crippen LogP contribution is -2.25. The lowest BCUT2D eigenvalue weighted by molar-refractivity contribution is 0.102. The standard InChI is InChI=1S/C19H19FN2O3S2/c1-11-12(2)27-17-16(11)18(24)22(7-8-25-3)19(21-17)26-10-15(23)13-5-4-6-14(20)9-13/h4-6,9H,7-8,10H2,1-3H3. The third kappa shape index (κ3) is 4.12. The van der Waals surface area contributed by atoms with Crippen LogP contribution in [0, 0.1) is 19.7 Å². The van der Waals surface area contributed by atoms with E-state index in [2.05, 4.69) is 4.98 Å². The highest BCUT2D eigenvalue weighted by Gasteiger charge is 2.18. The van der Waals surface area contributed by atoms with Crippen LogP contribution < -0.4 is 5.56 Å². The fraction of sp³-hybridized carbons (Fsp3) is 0.316. The van der Waals surface area contributed by atoms with E-state index in [1.807, 2.05) is 13.8 Å². The van der Waals surface area contributed by atoms with Gasteiger partial charge in [-0.2, -0.15) is 0 Å². The molecule has 0 spiro atoms. The van der Waals surface area contributed by atoms with Crippen molar-refractivity contribution in [3.8, 4) is 0 Å². The number of carbonyl (C=O) groups excluding carboxylic acids is 1. The predicted octanol–water partition coefficient (Wildman–Crippen LogP) is 3.84. The summed E-state index contributed by atoms with van der Waals surface area (Å²) in [5, 5.41) is 1.09. The van der Waals surface area contributed by atoms with E-state index in [-0.39, 0.29) is 17.1 Å². The SMILES string of the molecule is COCCn1c(SCC(=O)c2cccc(F)c2)nc2sc(C)c(C)c2c1=O. The number of hydrogen-bond donors (Lipinski definition) is 0. The molecular weight excluding hydrogens is 387 g/mol. The second kappa shape index (κ2) is 8.33. The minimum atomic E-state index is -0.452. The molecule has 0 aliphatic carbocycles. The number of ether oxygens (including phenoxy) is 1. The molecule has 3 aromatic rings. The van der Waals surface area contributed by atoms with Gasteiger partial charge in [0.05, 0.1) is 24.3 Å². The lowest BCUT2D eigenvalue weighted by atomic mass is 10.1. The number of aryl methyl sites for hydroxylation is 2. The molecule has 2 heterocycles. The lowest BCUT2D eigenvalue weighted by Gasteiger charge is -2.11. The van der Waals surface area contributed by atoms with Crippen molar-refractivity contribution in [3.05, 3.63) is 56.4 Å². The van der Waals surface area contributed by atoms with Crippen LogP contribution in [0.4, 0.5) is 4.39 Å². The number of halogens is 1. The highest BCUT2D eigenvalue weighted by Crippen LogP contribution is 2.28. The number of nitrogens with zero attached hydrogens (tertiary/aromatic N) is 2. The first kappa shape index (κ1) is 19.7. The molecular formula is C19H19FN2O3S2. The third-order valence-electron chi connectivity index (χ3n) is 4.25. The van der Waals surface area contributed by atoms with Gasteiger partial charge in [-0.3, -0.25) is 14.2 Å². The average Bonchev–Trinajstić information content (AvgIpc) is 2.93. The van der Waals surface area contributed by atoms with Crippen LogP contribution in [0.3, 0.4) is 0 Å².